The van der Waals surface area contributed by atoms with Crippen molar-refractivity contribution in [2.75, 3.05) is 6.26 Å². The van der Waals surface area contributed by atoms with Crippen molar-refractivity contribution in [3.05, 3.63) is 30.0 Å². The maximum absolute atomic E-state index is 13.6. The van der Waals surface area contributed by atoms with E-state index >= 15 is 0 Å². The maximum atomic E-state index is 13.6. The maximum Gasteiger partial charge on any atom is 0.181 e. The molecule has 0 saturated heterocycles. The molecule has 1 heterocycles. The zero-order valence-corrected chi connectivity index (χ0v) is 8.53. The number of H-pyrrole nitrogens is 1. The van der Waals surface area contributed by atoms with E-state index in [0.717, 1.165) is 12.3 Å². The average Bonchev–Trinajstić information content (AvgIpc) is 2.48. The summed E-state index contributed by atoms with van der Waals surface area (Å²) >= 11 is 0. The Labute approximate surface area is 84.6 Å². The molecule has 1 aromatic heterocycles. The second-order valence-corrected chi connectivity index (χ2v) is 5.17. The van der Waals surface area contributed by atoms with Crippen LogP contribution in [0.3, 0.4) is 0 Å². The third kappa shape index (κ3) is 1.50. The summed E-state index contributed by atoms with van der Waals surface area (Å²) in [5.41, 5.74) is 0.234. The molecule has 0 spiro atoms. The van der Waals surface area contributed by atoms with Crippen molar-refractivity contribution in [1.82, 2.24) is 4.98 Å². The lowest BCUT2D eigenvalue weighted by molar-refractivity contribution is 0.528. The van der Waals surface area contributed by atoms with Crippen LogP contribution in [0.4, 0.5) is 8.78 Å². The van der Waals surface area contributed by atoms with Crippen LogP contribution < -0.4 is 0 Å². The minimum atomic E-state index is -3.90. The first-order valence-corrected chi connectivity index (χ1v) is 5.95. The van der Waals surface area contributed by atoms with E-state index in [2.05, 4.69) is 4.98 Å². The molecule has 0 amide bonds. The molecular weight excluding hydrogens is 224 g/mol. The number of nitrogens with one attached hydrogen (secondary N) is 1. The van der Waals surface area contributed by atoms with Gasteiger partial charge >= 0.3 is 0 Å². The summed E-state index contributed by atoms with van der Waals surface area (Å²) in [5, 5.41) is 0.0665. The summed E-state index contributed by atoms with van der Waals surface area (Å²) in [6, 6.07) is 2.33. The topological polar surface area (TPSA) is 49.9 Å². The Kier molecular flexibility index (Phi) is 2.04. The predicted molar refractivity (Wildman–Crippen MR) is 51.3 cm³/mol. The van der Waals surface area contributed by atoms with Crippen LogP contribution >= 0.6 is 0 Å². The molecule has 2 rings (SSSR count). The van der Waals surface area contributed by atoms with Crippen LogP contribution in [0.15, 0.2) is 23.2 Å². The van der Waals surface area contributed by atoms with Gasteiger partial charge in [0.15, 0.2) is 15.7 Å². The largest absolute Gasteiger partial charge is 0.361 e. The molecule has 0 radical (unpaired) electrons. The average molecular weight is 231 g/mol. The summed E-state index contributed by atoms with van der Waals surface area (Å²) in [6.07, 6.45) is 2.19. The summed E-state index contributed by atoms with van der Waals surface area (Å²) < 4.78 is 49.2. The molecule has 6 heteroatoms. The lowest BCUT2D eigenvalue weighted by Gasteiger charge is -2.03. The predicted octanol–water partition coefficient (Wildman–Crippen LogP) is 1.85. The van der Waals surface area contributed by atoms with E-state index < -0.39 is 26.4 Å². The number of hydrogen-bond acceptors (Lipinski definition) is 2. The highest BCUT2D eigenvalue weighted by Crippen LogP contribution is 2.26. The second-order valence-electron chi connectivity index (χ2n) is 3.21. The molecule has 0 aliphatic rings. The standard InChI is InChI=1S/C9H7F2NO2S/c1-15(13,14)9-6(10)4-7-5(8(9)11)2-3-12-7/h2-4,12H,1H3. The van der Waals surface area contributed by atoms with Crippen molar-refractivity contribution >= 4 is 20.7 Å². The lowest BCUT2D eigenvalue weighted by atomic mass is 10.2. The quantitative estimate of drug-likeness (QED) is 0.814. The molecule has 80 valence electrons. The number of aromatic amines is 1. The van der Waals surface area contributed by atoms with E-state index in [1.165, 1.54) is 12.3 Å². The number of hydrogen-bond donors (Lipinski definition) is 1. The molecule has 0 fully saturated rings. The first-order valence-electron chi connectivity index (χ1n) is 4.06. The van der Waals surface area contributed by atoms with Crippen LogP contribution in [0, 0.1) is 11.6 Å². The van der Waals surface area contributed by atoms with Gasteiger partial charge in [-0.3, -0.25) is 0 Å². The Morgan fingerprint density at radius 2 is 2.00 bits per heavy atom. The van der Waals surface area contributed by atoms with Crippen LogP contribution in [-0.2, 0) is 9.84 Å². The van der Waals surface area contributed by atoms with Gasteiger partial charge in [-0.2, -0.15) is 0 Å². The van der Waals surface area contributed by atoms with Gasteiger partial charge in [0.2, 0.25) is 0 Å². The van der Waals surface area contributed by atoms with Crippen LogP contribution in [0.25, 0.3) is 10.9 Å². The van der Waals surface area contributed by atoms with Crippen LogP contribution in [0.5, 0.6) is 0 Å². The third-order valence-corrected chi connectivity index (χ3v) is 3.19. The minimum absolute atomic E-state index is 0.0665. The molecule has 15 heavy (non-hydrogen) atoms. The highest BCUT2D eigenvalue weighted by Gasteiger charge is 2.22. The SMILES string of the molecule is CS(=O)(=O)c1c(F)cc2[nH]ccc2c1F. The fourth-order valence-corrected chi connectivity index (χ4v) is 2.30. The van der Waals surface area contributed by atoms with Gasteiger partial charge in [0.1, 0.15) is 10.7 Å². The van der Waals surface area contributed by atoms with Gasteiger partial charge in [-0.1, -0.05) is 0 Å². The second kappa shape index (κ2) is 3.03. The van der Waals surface area contributed by atoms with E-state index in [-0.39, 0.29) is 10.9 Å². The van der Waals surface area contributed by atoms with Crippen molar-refractivity contribution in [3.63, 3.8) is 0 Å². The summed E-state index contributed by atoms with van der Waals surface area (Å²) in [6.45, 7) is 0. The number of benzene rings is 1. The van der Waals surface area contributed by atoms with Gasteiger partial charge in [0.05, 0.1) is 5.52 Å². The molecule has 0 aliphatic heterocycles. The van der Waals surface area contributed by atoms with E-state index in [4.69, 9.17) is 0 Å². The minimum Gasteiger partial charge on any atom is -0.361 e. The number of sulfone groups is 1. The van der Waals surface area contributed by atoms with Crippen molar-refractivity contribution in [1.29, 1.82) is 0 Å². The van der Waals surface area contributed by atoms with Gasteiger partial charge in [-0.15, -0.1) is 0 Å². The number of rotatable bonds is 1. The van der Waals surface area contributed by atoms with Crippen LogP contribution in [-0.4, -0.2) is 19.7 Å². The van der Waals surface area contributed by atoms with Crippen molar-refractivity contribution in [2.24, 2.45) is 0 Å². The molecule has 1 N–H and O–H groups in total. The van der Waals surface area contributed by atoms with Gasteiger partial charge in [0.25, 0.3) is 0 Å². The third-order valence-electron chi connectivity index (χ3n) is 2.07. The highest BCUT2D eigenvalue weighted by molar-refractivity contribution is 7.90. The Morgan fingerprint density at radius 1 is 1.33 bits per heavy atom. The smallest absolute Gasteiger partial charge is 0.181 e. The number of fused-ring (bicyclic) bond motifs is 1. The molecule has 0 atom stereocenters. The molecule has 0 unspecified atom stereocenters. The van der Waals surface area contributed by atoms with Gasteiger partial charge in [-0.05, 0) is 12.1 Å². The fraction of sp³-hybridized carbons (Fsp3) is 0.111. The zero-order valence-electron chi connectivity index (χ0n) is 7.71. The van der Waals surface area contributed by atoms with Crippen molar-refractivity contribution in [3.8, 4) is 0 Å². The first kappa shape index (κ1) is 10.1. The van der Waals surface area contributed by atoms with Gasteiger partial charge in [0, 0.05) is 17.8 Å². The highest BCUT2D eigenvalue weighted by atomic mass is 32.2. The fourth-order valence-electron chi connectivity index (χ4n) is 1.45. The van der Waals surface area contributed by atoms with Crippen molar-refractivity contribution < 1.29 is 17.2 Å². The first-order chi connectivity index (χ1) is 6.91. The summed E-state index contributed by atoms with van der Waals surface area (Å²) in [5.74, 6) is -2.13. The van der Waals surface area contributed by atoms with Gasteiger partial charge < -0.3 is 4.98 Å². The van der Waals surface area contributed by atoms with Crippen molar-refractivity contribution in [2.45, 2.75) is 4.90 Å². The molecule has 2 aromatic rings. The molecule has 3 nitrogen and oxygen atoms in total. The van der Waals surface area contributed by atoms with Crippen LogP contribution in [0.2, 0.25) is 0 Å². The normalized spacial score (nSPS) is 12.2. The van der Waals surface area contributed by atoms with E-state index in [0.29, 0.717) is 0 Å². The van der Waals surface area contributed by atoms with Crippen LogP contribution in [0.1, 0.15) is 0 Å². The molecular formula is C9H7F2NO2S. The molecule has 0 saturated carbocycles. The Bertz CT molecular complexity index is 631. The summed E-state index contributed by atoms with van der Waals surface area (Å²) in [7, 11) is -3.90. The molecule has 0 aliphatic carbocycles. The molecule has 1 aromatic carbocycles. The summed E-state index contributed by atoms with van der Waals surface area (Å²) in [4.78, 5) is 1.73. The molecule has 0 bridgehead atoms. The van der Waals surface area contributed by atoms with E-state index in [9.17, 15) is 17.2 Å². The van der Waals surface area contributed by atoms with E-state index in [1.54, 1.807) is 0 Å². The monoisotopic (exact) mass is 231 g/mol. The number of aromatic nitrogens is 1. The Morgan fingerprint density at radius 3 is 2.60 bits per heavy atom. The Balaban J connectivity index is 2.97. The lowest BCUT2D eigenvalue weighted by Crippen LogP contribution is -2.04. The number of halogens is 2. The Hall–Kier alpha value is -1.43. The van der Waals surface area contributed by atoms with Gasteiger partial charge in [-0.25, -0.2) is 17.2 Å². The van der Waals surface area contributed by atoms with E-state index in [1.807, 2.05) is 0 Å². The zero-order chi connectivity index (χ0) is 11.2.